The van der Waals surface area contributed by atoms with Crippen LogP contribution in [0.4, 0.5) is 15.8 Å². The molecule has 1 heterocycles. The second-order valence-electron chi connectivity index (χ2n) is 9.71. The van der Waals surface area contributed by atoms with Crippen LogP contribution < -0.4 is 14.8 Å². The van der Waals surface area contributed by atoms with Crippen LogP contribution in [0.3, 0.4) is 0 Å². The number of benzene rings is 3. The maximum absolute atomic E-state index is 13.4. The van der Waals surface area contributed by atoms with Gasteiger partial charge in [0.25, 0.3) is 11.6 Å². The molecule has 0 bridgehead atoms. The van der Waals surface area contributed by atoms with E-state index in [0.29, 0.717) is 11.4 Å². The summed E-state index contributed by atoms with van der Waals surface area (Å²) < 4.78 is 49.7. The Hall–Kier alpha value is -4.62. The third-order valence-corrected chi connectivity index (χ3v) is 7.68. The summed E-state index contributed by atoms with van der Waals surface area (Å²) >= 11 is 0. The Kier molecular flexibility index (Phi) is 8.22. The van der Waals surface area contributed by atoms with Crippen molar-refractivity contribution >= 4 is 27.3 Å². The molecule has 0 aliphatic heterocycles. The van der Waals surface area contributed by atoms with Crippen LogP contribution in [0.2, 0.25) is 0 Å². The number of carbonyl (C=O) groups is 1. The molecule has 0 saturated carbocycles. The molecule has 0 spiro atoms. The summed E-state index contributed by atoms with van der Waals surface area (Å²) in [6.45, 7) is 8.51. The molecule has 0 atom stereocenters. The van der Waals surface area contributed by atoms with Gasteiger partial charge >= 0.3 is 0 Å². The van der Waals surface area contributed by atoms with Crippen molar-refractivity contribution in [2.24, 2.45) is 0 Å². The topological polar surface area (TPSA) is 145 Å². The largest absolute Gasteiger partial charge is 0.437 e. The molecule has 0 radical (unpaired) electrons. The first-order valence-electron chi connectivity index (χ1n) is 12.5. The number of nitrogens with one attached hydrogen (secondary N) is 2. The fourth-order valence-electron chi connectivity index (χ4n) is 4.03. The summed E-state index contributed by atoms with van der Waals surface area (Å²) in [5.74, 6) is -1.25. The summed E-state index contributed by atoms with van der Waals surface area (Å²) in [5.41, 5.74) is 2.37. The second kappa shape index (κ2) is 11.5. The van der Waals surface area contributed by atoms with E-state index in [1.165, 1.54) is 35.0 Å². The molecule has 1 aromatic heterocycles. The van der Waals surface area contributed by atoms with Gasteiger partial charge in [0, 0.05) is 29.4 Å². The molecule has 41 heavy (non-hydrogen) atoms. The number of aromatic nitrogens is 2. The maximum Gasteiger partial charge on any atom is 0.276 e. The standard InChI is InChI=1S/C28H28FN5O6S/c1-16(2)32-41(38,39)25-15-22(34(36)37)12-13-24(25)40-28-19(5)26(27(35)30-21-10-8-20(29)9-11-21)31-33(28)23-14-17(3)6-7-18(23)4/h6-16,32H,1-5H3,(H,30,35). The normalized spacial score (nSPS) is 11.5. The van der Waals surface area contributed by atoms with Gasteiger partial charge in [-0.05, 0) is 82.1 Å². The molecular weight excluding hydrogens is 553 g/mol. The quantitative estimate of drug-likeness (QED) is 0.194. The molecule has 0 saturated heterocycles. The number of nitro groups is 1. The summed E-state index contributed by atoms with van der Waals surface area (Å²) in [7, 11) is -4.24. The van der Waals surface area contributed by atoms with Crippen molar-refractivity contribution in [2.75, 3.05) is 5.32 Å². The van der Waals surface area contributed by atoms with Gasteiger partial charge in [-0.1, -0.05) is 12.1 Å². The Balaban J connectivity index is 1.88. The van der Waals surface area contributed by atoms with Gasteiger partial charge in [0.2, 0.25) is 15.9 Å². The number of non-ortho nitro benzene ring substituents is 1. The molecule has 214 valence electrons. The van der Waals surface area contributed by atoms with E-state index in [9.17, 15) is 27.7 Å². The van der Waals surface area contributed by atoms with Crippen molar-refractivity contribution in [3.8, 4) is 17.3 Å². The molecule has 13 heteroatoms. The minimum Gasteiger partial charge on any atom is -0.437 e. The second-order valence-corrected chi connectivity index (χ2v) is 11.4. The van der Waals surface area contributed by atoms with E-state index in [1.54, 1.807) is 20.8 Å². The van der Waals surface area contributed by atoms with Crippen LogP contribution in [0, 0.1) is 36.7 Å². The first-order valence-corrected chi connectivity index (χ1v) is 14.0. The molecule has 4 aromatic rings. The third kappa shape index (κ3) is 6.42. The molecule has 2 N–H and O–H groups in total. The lowest BCUT2D eigenvalue weighted by Crippen LogP contribution is -2.30. The lowest BCUT2D eigenvalue weighted by atomic mass is 10.1. The Labute approximate surface area is 236 Å². The summed E-state index contributed by atoms with van der Waals surface area (Å²) in [4.78, 5) is 23.6. The summed E-state index contributed by atoms with van der Waals surface area (Å²) in [6.07, 6.45) is 0. The summed E-state index contributed by atoms with van der Waals surface area (Å²) in [5, 5.41) is 18.6. The number of hydrogen-bond acceptors (Lipinski definition) is 7. The van der Waals surface area contributed by atoms with Crippen molar-refractivity contribution in [3.63, 3.8) is 0 Å². The molecule has 1 amide bonds. The van der Waals surface area contributed by atoms with Crippen LogP contribution in [-0.2, 0) is 10.0 Å². The number of nitrogens with zero attached hydrogens (tertiary/aromatic N) is 3. The number of aryl methyl sites for hydroxylation is 2. The van der Waals surface area contributed by atoms with Gasteiger partial charge in [0.1, 0.15) is 16.5 Å². The van der Waals surface area contributed by atoms with E-state index in [1.807, 2.05) is 32.0 Å². The van der Waals surface area contributed by atoms with E-state index >= 15 is 0 Å². The van der Waals surface area contributed by atoms with Crippen LogP contribution in [0.25, 0.3) is 5.69 Å². The highest BCUT2D eigenvalue weighted by molar-refractivity contribution is 7.89. The highest BCUT2D eigenvalue weighted by atomic mass is 32.2. The minimum absolute atomic E-state index is 0.0257. The van der Waals surface area contributed by atoms with E-state index in [4.69, 9.17) is 4.74 Å². The lowest BCUT2D eigenvalue weighted by Gasteiger charge is -2.16. The maximum atomic E-state index is 13.4. The number of amides is 1. The number of anilines is 1. The minimum atomic E-state index is -4.24. The number of carbonyl (C=O) groups excluding carboxylic acids is 1. The third-order valence-electron chi connectivity index (χ3n) is 6.00. The smallest absolute Gasteiger partial charge is 0.276 e. The number of hydrogen-bond donors (Lipinski definition) is 2. The zero-order chi connectivity index (χ0) is 30.1. The van der Waals surface area contributed by atoms with Crippen LogP contribution in [0.5, 0.6) is 11.6 Å². The Morgan fingerprint density at radius 1 is 1.05 bits per heavy atom. The SMILES string of the molecule is Cc1ccc(C)c(-n2nc(C(=O)Nc3ccc(F)cc3)c(C)c2Oc2ccc([N+](=O)[O-])cc2S(=O)(=O)NC(C)C)c1. The van der Waals surface area contributed by atoms with Crippen molar-refractivity contribution in [3.05, 3.63) is 99.0 Å². The monoisotopic (exact) mass is 581 g/mol. The van der Waals surface area contributed by atoms with Crippen molar-refractivity contribution in [1.29, 1.82) is 0 Å². The van der Waals surface area contributed by atoms with Gasteiger partial charge < -0.3 is 10.1 Å². The van der Waals surface area contributed by atoms with Crippen LogP contribution in [0.15, 0.2) is 65.6 Å². The molecule has 11 nitrogen and oxygen atoms in total. The van der Waals surface area contributed by atoms with Crippen molar-refractivity contribution < 1.29 is 27.3 Å². The molecule has 0 unspecified atom stereocenters. The number of sulfonamides is 1. The van der Waals surface area contributed by atoms with Gasteiger partial charge in [0.05, 0.1) is 10.6 Å². The number of nitro benzene ring substituents is 1. The first-order chi connectivity index (χ1) is 19.3. The van der Waals surface area contributed by atoms with Gasteiger partial charge in [0.15, 0.2) is 5.69 Å². The molecule has 4 rings (SSSR count). The van der Waals surface area contributed by atoms with Crippen molar-refractivity contribution in [2.45, 2.75) is 45.6 Å². The number of ether oxygens (including phenoxy) is 1. The fourth-order valence-corrected chi connectivity index (χ4v) is 5.43. The lowest BCUT2D eigenvalue weighted by molar-refractivity contribution is -0.385. The predicted molar refractivity (Wildman–Crippen MR) is 151 cm³/mol. The van der Waals surface area contributed by atoms with E-state index in [0.717, 1.165) is 23.3 Å². The Bertz CT molecular complexity index is 1750. The van der Waals surface area contributed by atoms with Crippen LogP contribution >= 0.6 is 0 Å². The molecule has 0 aliphatic carbocycles. The molecular formula is C28H28FN5O6S. The van der Waals surface area contributed by atoms with Crippen LogP contribution in [-0.4, -0.2) is 35.1 Å². The molecule has 0 aliphatic rings. The fraction of sp³-hybridized carbons (Fsp3) is 0.214. The zero-order valence-corrected chi connectivity index (χ0v) is 23.7. The van der Waals surface area contributed by atoms with Crippen molar-refractivity contribution in [1.82, 2.24) is 14.5 Å². The van der Waals surface area contributed by atoms with Crippen LogP contribution in [0.1, 0.15) is 41.0 Å². The number of rotatable bonds is 9. The predicted octanol–water partition coefficient (Wildman–Crippen LogP) is 5.58. The average Bonchev–Trinajstić information content (AvgIpc) is 3.21. The summed E-state index contributed by atoms with van der Waals surface area (Å²) in [6, 6.07) is 13.5. The zero-order valence-electron chi connectivity index (χ0n) is 22.9. The van der Waals surface area contributed by atoms with Gasteiger partial charge in [-0.2, -0.15) is 9.78 Å². The van der Waals surface area contributed by atoms with E-state index in [-0.39, 0.29) is 22.9 Å². The van der Waals surface area contributed by atoms with Gasteiger partial charge in [-0.3, -0.25) is 14.9 Å². The molecule has 3 aromatic carbocycles. The highest BCUT2D eigenvalue weighted by Crippen LogP contribution is 2.36. The Morgan fingerprint density at radius 3 is 2.37 bits per heavy atom. The van der Waals surface area contributed by atoms with Gasteiger partial charge in [-0.25, -0.2) is 17.5 Å². The number of halogens is 1. The van der Waals surface area contributed by atoms with E-state index in [2.05, 4.69) is 15.1 Å². The van der Waals surface area contributed by atoms with E-state index < -0.39 is 43.3 Å². The molecule has 0 fully saturated rings. The highest BCUT2D eigenvalue weighted by Gasteiger charge is 2.28. The Morgan fingerprint density at radius 2 is 1.73 bits per heavy atom. The first kappa shape index (κ1) is 29.4. The average molecular weight is 582 g/mol. The van der Waals surface area contributed by atoms with Gasteiger partial charge in [-0.15, -0.1) is 0 Å².